The Kier molecular flexibility index (Phi) is 4.65. The Labute approximate surface area is 142 Å². The molecular formula is C18H14FN3O3. The van der Waals surface area contributed by atoms with Gasteiger partial charge in [0.2, 0.25) is 0 Å². The molecule has 0 saturated heterocycles. The number of aryl methyl sites for hydroxylation is 2. The van der Waals surface area contributed by atoms with Gasteiger partial charge in [0.15, 0.2) is 0 Å². The Morgan fingerprint density at radius 1 is 1.04 bits per heavy atom. The van der Waals surface area contributed by atoms with E-state index in [2.05, 4.69) is 5.10 Å². The van der Waals surface area contributed by atoms with Gasteiger partial charge in [-0.05, 0) is 30.2 Å². The van der Waals surface area contributed by atoms with Crippen LogP contribution in [-0.4, -0.2) is 14.7 Å². The third kappa shape index (κ3) is 3.77. The van der Waals surface area contributed by atoms with Crippen molar-refractivity contribution in [2.45, 2.75) is 13.0 Å². The lowest BCUT2D eigenvalue weighted by atomic mass is 10.1. The van der Waals surface area contributed by atoms with E-state index in [-0.39, 0.29) is 11.2 Å². The first-order valence-corrected chi connectivity index (χ1v) is 7.61. The predicted molar refractivity (Wildman–Crippen MR) is 90.7 cm³/mol. The molecule has 7 heteroatoms. The molecule has 0 aliphatic heterocycles. The number of hydrogen-bond donors (Lipinski definition) is 0. The molecule has 2 aromatic carbocycles. The average molecular weight is 339 g/mol. The number of nitrogens with zero attached hydrogens (tertiary/aromatic N) is 3. The van der Waals surface area contributed by atoms with E-state index in [0.29, 0.717) is 24.2 Å². The van der Waals surface area contributed by atoms with Crippen LogP contribution in [0.2, 0.25) is 0 Å². The molecule has 25 heavy (non-hydrogen) atoms. The highest BCUT2D eigenvalue weighted by Crippen LogP contribution is 2.19. The van der Waals surface area contributed by atoms with Crippen LogP contribution in [0.3, 0.4) is 0 Å². The van der Waals surface area contributed by atoms with E-state index < -0.39 is 10.7 Å². The van der Waals surface area contributed by atoms with Crippen molar-refractivity contribution in [3.05, 3.63) is 92.5 Å². The predicted octanol–water partition coefficient (Wildman–Crippen LogP) is 3.20. The van der Waals surface area contributed by atoms with Crippen LogP contribution in [0.15, 0.2) is 65.5 Å². The number of halogens is 1. The van der Waals surface area contributed by atoms with Crippen molar-refractivity contribution < 1.29 is 9.31 Å². The second kappa shape index (κ2) is 7.04. The van der Waals surface area contributed by atoms with Gasteiger partial charge in [0.05, 0.1) is 10.6 Å². The van der Waals surface area contributed by atoms with Gasteiger partial charge in [-0.1, -0.05) is 24.3 Å². The fourth-order valence-corrected chi connectivity index (χ4v) is 2.44. The quantitative estimate of drug-likeness (QED) is 0.528. The van der Waals surface area contributed by atoms with E-state index in [9.17, 15) is 19.3 Å². The fraction of sp³-hybridized carbons (Fsp3) is 0.111. The van der Waals surface area contributed by atoms with Crippen molar-refractivity contribution in [3.63, 3.8) is 0 Å². The van der Waals surface area contributed by atoms with Crippen LogP contribution in [0.25, 0.3) is 11.3 Å². The van der Waals surface area contributed by atoms with Gasteiger partial charge in [-0.15, -0.1) is 0 Å². The van der Waals surface area contributed by atoms with Gasteiger partial charge >= 0.3 is 0 Å². The smallest absolute Gasteiger partial charge is 0.268 e. The van der Waals surface area contributed by atoms with Gasteiger partial charge in [-0.3, -0.25) is 14.9 Å². The average Bonchev–Trinajstić information content (AvgIpc) is 2.62. The lowest BCUT2D eigenvalue weighted by Crippen LogP contribution is -2.23. The standard InChI is InChI=1S/C18H14FN3O3/c19-16-4-2-1-3-15(16)17-9-10-18(23)21(20-17)12-11-13-5-7-14(8-6-13)22(24)25/h1-10H,11-12H2. The van der Waals surface area contributed by atoms with Gasteiger partial charge in [0.1, 0.15) is 5.82 Å². The summed E-state index contributed by atoms with van der Waals surface area (Å²) in [4.78, 5) is 22.2. The lowest BCUT2D eigenvalue weighted by Gasteiger charge is -2.08. The van der Waals surface area contributed by atoms with E-state index in [0.717, 1.165) is 5.56 Å². The molecule has 0 radical (unpaired) electrons. The highest BCUT2D eigenvalue weighted by atomic mass is 19.1. The summed E-state index contributed by atoms with van der Waals surface area (Å²) in [7, 11) is 0. The van der Waals surface area contributed by atoms with Gasteiger partial charge in [0.25, 0.3) is 11.2 Å². The summed E-state index contributed by atoms with van der Waals surface area (Å²) in [5, 5.41) is 14.9. The Balaban J connectivity index is 1.81. The van der Waals surface area contributed by atoms with Gasteiger partial charge in [0, 0.05) is 30.3 Å². The minimum absolute atomic E-state index is 0.0144. The number of hydrogen-bond acceptors (Lipinski definition) is 4. The van der Waals surface area contributed by atoms with Crippen LogP contribution in [0.4, 0.5) is 10.1 Å². The topological polar surface area (TPSA) is 78.0 Å². The zero-order chi connectivity index (χ0) is 17.8. The maximum absolute atomic E-state index is 13.9. The Morgan fingerprint density at radius 2 is 1.76 bits per heavy atom. The van der Waals surface area contributed by atoms with Gasteiger partial charge < -0.3 is 0 Å². The van der Waals surface area contributed by atoms with Crippen LogP contribution in [0.5, 0.6) is 0 Å². The zero-order valence-corrected chi connectivity index (χ0v) is 13.1. The van der Waals surface area contributed by atoms with Crippen molar-refractivity contribution in [1.82, 2.24) is 9.78 Å². The molecule has 3 rings (SSSR count). The number of nitro benzene ring substituents is 1. The van der Waals surface area contributed by atoms with Crippen LogP contribution in [-0.2, 0) is 13.0 Å². The molecular weight excluding hydrogens is 325 g/mol. The van der Waals surface area contributed by atoms with Gasteiger partial charge in [-0.25, -0.2) is 9.07 Å². The normalized spacial score (nSPS) is 10.6. The van der Waals surface area contributed by atoms with E-state index in [1.54, 1.807) is 30.3 Å². The molecule has 0 N–H and O–H groups in total. The van der Waals surface area contributed by atoms with E-state index >= 15 is 0 Å². The first-order chi connectivity index (χ1) is 12.0. The molecule has 1 heterocycles. The Hall–Kier alpha value is -3.35. The fourth-order valence-electron chi connectivity index (χ4n) is 2.44. The molecule has 0 unspecified atom stereocenters. The summed E-state index contributed by atoms with van der Waals surface area (Å²) < 4.78 is 15.1. The summed E-state index contributed by atoms with van der Waals surface area (Å²) in [5.41, 5.74) is 1.27. The zero-order valence-electron chi connectivity index (χ0n) is 13.1. The third-order valence-corrected chi connectivity index (χ3v) is 3.78. The minimum atomic E-state index is -0.465. The number of benzene rings is 2. The number of aromatic nitrogens is 2. The molecule has 1 aromatic heterocycles. The van der Waals surface area contributed by atoms with Crippen molar-refractivity contribution >= 4 is 5.69 Å². The summed E-state index contributed by atoms with van der Waals surface area (Å²) in [6.45, 7) is 0.291. The highest BCUT2D eigenvalue weighted by molar-refractivity contribution is 5.58. The van der Waals surface area contributed by atoms with E-state index in [4.69, 9.17) is 0 Å². The first kappa shape index (κ1) is 16.5. The van der Waals surface area contributed by atoms with E-state index in [1.807, 2.05) is 0 Å². The van der Waals surface area contributed by atoms with Crippen LogP contribution < -0.4 is 5.56 Å². The molecule has 0 spiro atoms. The lowest BCUT2D eigenvalue weighted by molar-refractivity contribution is -0.384. The molecule has 0 aliphatic carbocycles. The minimum Gasteiger partial charge on any atom is -0.268 e. The van der Waals surface area contributed by atoms with Crippen LogP contribution in [0.1, 0.15) is 5.56 Å². The molecule has 0 bridgehead atoms. The van der Waals surface area contributed by atoms with Crippen LogP contribution >= 0.6 is 0 Å². The monoisotopic (exact) mass is 339 g/mol. The molecule has 0 atom stereocenters. The maximum atomic E-state index is 13.9. The number of rotatable bonds is 5. The summed E-state index contributed by atoms with van der Waals surface area (Å²) in [5.74, 6) is -0.407. The molecule has 6 nitrogen and oxygen atoms in total. The first-order valence-electron chi connectivity index (χ1n) is 7.61. The molecule has 0 fully saturated rings. The second-order valence-corrected chi connectivity index (χ2v) is 5.43. The number of nitro groups is 1. The Bertz CT molecular complexity index is 968. The molecule has 0 saturated carbocycles. The molecule has 0 aliphatic rings. The SMILES string of the molecule is O=c1ccc(-c2ccccc2F)nn1CCc1ccc([N+](=O)[O-])cc1. The largest absolute Gasteiger partial charge is 0.269 e. The van der Waals surface area contributed by atoms with Crippen LogP contribution in [0, 0.1) is 15.9 Å². The van der Waals surface area contributed by atoms with Crippen molar-refractivity contribution in [2.75, 3.05) is 0 Å². The highest BCUT2D eigenvalue weighted by Gasteiger charge is 2.08. The van der Waals surface area contributed by atoms with Crippen molar-refractivity contribution in [3.8, 4) is 11.3 Å². The molecule has 126 valence electrons. The number of non-ortho nitro benzene ring substituents is 1. The van der Waals surface area contributed by atoms with E-state index in [1.165, 1.54) is 35.0 Å². The molecule has 3 aromatic rings. The summed E-state index contributed by atoms with van der Waals surface area (Å²) in [6.07, 6.45) is 0.478. The summed E-state index contributed by atoms with van der Waals surface area (Å²) in [6, 6.07) is 15.2. The van der Waals surface area contributed by atoms with Gasteiger partial charge in [-0.2, -0.15) is 5.10 Å². The second-order valence-electron chi connectivity index (χ2n) is 5.43. The van der Waals surface area contributed by atoms with Crippen molar-refractivity contribution in [2.24, 2.45) is 0 Å². The summed E-state index contributed by atoms with van der Waals surface area (Å²) >= 11 is 0. The maximum Gasteiger partial charge on any atom is 0.269 e. The third-order valence-electron chi connectivity index (χ3n) is 3.78. The molecule has 0 amide bonds. The van der Waals surface area contributed by atoms with Crippen molar-refractivity contribution in [1.29, 1.82) is 0 Å². The Morgan fingerprint density at radius 3 is 2.44 bits per heavy atom.